The van der Waals surface area contributed by atoms with Crippen molar-refractivity contribution in [1.29, 1.82) is 5.41 Å². The number of hydrogen-bond acceptors (Lipinski definition) is 6. The number of nitrogens with zero attached hydrogens (tertiary/aromatic N) is 3. The number of alkyl halides is 3. The number of likely N-dealkylation sites (tertiary alicyclic amines) is 1. The smallest absolute Gasteiger partial charge is 0.430 e. The van der Waals surface area contributed by atoms with E-state index in [4.69, 9.17) is 21.0 Å². The summed E-state index contributed by atoms with van der Waals surface area (Å²) >= 11 is 0. The lowest BCUT2D eigenvalue weighted by molar-refractivity contribution is -0.939. The summed E-state index contributed by atoms with van der Waals surface area (Å²) in [5, 5.41) is 25.9. The minimum Gasteiger partial charge on any atom is -0.542 e. The Labute approximate surface area is 225 Å². The van der Waals surface area contributed by atoms with Crippen LogP contribution in [0.3, 0.4) is 0 Å². The van der Waals surface area contributed by atoms with Gasteiger partial charge in [0.1, 0.15) is 18.3 Å². The second-order valence-electron chi connectivity index (χ2n) is 9.98. The van der Waals surface area contributed by atoms with Crippen LogP contribution >= 0.6 is 0 Å². The van der Waals surface area contributed by atoms with Gasteiger partial charge in [0.2, 0.25) is 0 Å². The van der Waals surface area contributed by atoms with Gasteiger partial charge in [0.15, 0.2) is 6.54 Å². The molecule has 0 unspecified atom stereocenters. The van der Waals surface area contributed by atoms with Gasteiger partial charge in [0, 0.05) is 61.9 Å². The van der Waals surface area contributed by atoms with Crippen LogP contribution in [0.4, 0.5) is 18.9 Å². The first-order valence-corrected chi connectivity index (χ1v) is 12.7. The molecule has 0 aliphatic carbocycles. The molecule has 0 atom stereocenters. The summed E-state index contributed by atoms with van der Waals surface area (Å²) in [6.07, 6.45) is -3.10. The third kappa shape index (κ3) is 8.69. The first kappa shape index (κ1) is 29.9. The third-order valence-electron chi connectivity index (χ3n) is 7.31. The van der Waals surface area contributed by atoms with Gasteiger partial charge < -0.3 is 30.1 Å². The van der Waals surface area contributed by atoms with Crippen LogP contribution in [0.25, 0.3) is 0 Å². The molecule has 0 spiro atoms. The zero-order valence-corrected chi connectivity index (χ0v) is 21.6. The molecule has 12 heteroatoms. The molecule has 39 heavy (non-hydrogen) atoms. The van der Waals surface area contributed by atoms with E-state index in [0.717, 1.165) is 64.2 Å². The molecule has 0 radical (unpaired) electrons. The number of amidine groups is 1. The Morgan fingerprint density at radius 1 is 1.00 bits per heavy atom. The summed E-state index contributed by atoms with van der Waals surface area (Å²) in [6.45, 7) is 6.84. The number of carboxylic acid groups (broad SMARTS) is 2. The van der Waals surface area contributed by atoms with E-state index < -0.39 is 18.1 Å². The number of benzene rings is 2. The zero-order chi connectivity index (χ0) is 28.6. The van der Waals surface area contributed by atoms with E-state index in [1.54, 1.807) is 0 Å². The average Bonchev–Trinajstić information content (AvgIpc) is 2.89. The first-order valence-electron chi connectivity index (χ1n) is 12.7. The standard InChI is InChI=1S/C25H33N5O2.C2HF3O2/c26-25(27)21-6-8-22(9-7-21)28-12-14-29(15-13-28)23-10-16-30(17-11-23,19-24(31)32)18-20-4-2-1-3-5-20;3-2(4,5)1(6)7/h1-9,23H,10-19H2,(H3-,26,27,31,32);(H,6,7)/t23-,30+;. The molecular formula is C27H34F3N5O4. The summed E-state index contributed by atoms with van der Waals surface area (Å²) in [4.78, 5) is 25.4. The zero-order valence-electron chi connectivity index (χ0n) is 21.6. The number of carbonyl (C=O) groups is 2. The Kier molecular flexibility index (Phi) is 9.92. The van der Waals surface area contributed by atoms with Gasteiger partial charge in [-0.05, 0) is 24.3 Å². The van der Waals surface area contributed by atoms with Gasteiger partial charge in [-0.1, -0.05) is 30.3 Å². The number of rotatable bonds is 7. The second-order valence-corrected chi connectivity index (χ2v) is 9.98. The van der Waals surface area contributed by atoms with E-state index in [1.807, 2.05) is 42.5 Å². The fraction of sp³-hybridized carbons (Fsp3) is 0.444. The molecule has 2 fully saturated rings. The van der Waals surface area contributed by atoms with Gasteiger partial charge in [-0.25, -0.2) is 4.79 Å². The maximum absolute atomic E-state index is 11.6. The lowest BCUT2D eigenvalue weighted by Gasteiger charge is -2.47. The van der Waals surface area contributed by atoms with E-state index in [0.29, 0.717) is 10.5 Å². The summed E-state index contributed by atoms with van der Waals surface area (Å²) in [6, 6.07) is 18.8. The number of piperidine rings is 1. The lowest BCUT2D eigenvalue weighted by Crippen LogP contribution is -2.59. The number of aliphatic carboxylic acids is 2. The lowest BCUT2D eigenvalue weighted by atomic mass is 9.98. The Balaban J connectivity index is 0.000000532. The number of carboxylic acids is 2. The molecule has 0 bridgehead atoms. The van der Waals surface area contributed by atoms with Crippen molar-refractivity contribution < 1.29 is 37.5 Å². The highest BCUT2D eigenvalue weighted by Crippen LogP contribution is 2.27. The van der Waals surface area contributed by atoms with Crippen LogP contribution in [0.15, 0.2) is 54.6 Å². The van der Waals surface area contributed by atoms with Crippen molar-refractivity contribution in [2.24, 2.45) is 5.73 Å². The summed E-state index contributed by atoms with van der Waals surface area (Å²) in [5.74, 6) is -3.61. The minimum absolute atomic E-state index is 0.100. The highest BCUT2D eigenvalue weighted by atomic mass is 19.4. The average molecular weight is 550 g/mol. The summed E-state index contributed by atoms with van der Waals surface area (Å²) in [7, 11) is 0. The van der Waals surface area contributed by atoms with Crippen LogP contribution in [-0.2, 0) is 16.1 Å². The van der Waals surface area contributed by atoms with E-state index >= 15 is 0 Å². The number of anilines is 1. The molecule has 2 aliphatic heterocycles. The van der Waals surface area contributed by atoms with Crippen LogP contribution in [0.5, 0.6) is 0 Å². The van der Waals surface area contributed by atoms with E-state index in [2.05, 4.69) is 21.9 Å². The van der Waals surface area contributed by atoms with Crippen LogP contribution < -0.4 is 15.7 Å². The Morgan fingerprint density at radius 2 is 1.54 bits per heavy atom. The minimum atomic E-state index is -5.19. The Hall–Kier alpha value is -3.64. The normalized spacial score (nSPS) is 21.9. The van der Waals surface area contributed by atoms with Crippen LogP contribution in [-0.4, -0.2) is 90.3 Å². The van der Waals surface area contributed by atoms with Crippen LogP contribution in [0, 0.1) is 5.41 Å². The quantitative estimate of drug-likeness (QED) is 0.272. The van der Waals surface area contributed by atoms with Gasteiger partial charge >= 0.3 is 12.1 Å². The number of quaternary nitrogens is 1. The molecule has 2 aliphatic rings. The number of hydrogen-bond donors (Lipinski definition) is 3. The third-order valence-corrected chi connectivity index (χ3v) is 7.31. The predicted molar refractivity (Wildman–Crippen MR) is 138 cm³/mol. The fourth-order valence-corrected chi connectivity index (χ4v) is 5.29. The number of nitrogen functional groups attached to an aromatic ring is 1. The van der Waals surface area contributed by atoms with E-state index in [1.165, 1.54) is 11.3 Å². The van der Waals surface area contributed by atoms with Crippen LogP contribution in [0.1, 0.15) is 24.0 Å². The first-order chi connectivity index (χ1) is 18.4. The number of halogens is 3. The van der Waals surface area contributed by atoms with Crippen molar-refractivity contribution in [3.63, 3.8) is 0 Å². The predicted octanol–water partition coefficient (Wildman–Crippen LogP) is 1.66. The molecule has 4 rings (SSSR count). The molecule has 0 amide bonds. The molecule has 2 saturated heterocycles. The van der Waals surface area contributed by atoms with Crippen molar-refractivity contribution in [1.82, 2.24) is 4.90 Å². The molecule has 9 nitrogen and oxygen atoms in total. The van der Waals surface area contributed by atoms with Gasteiger partial charge in [-0.2, -0.15) is 13.2 Å². The maximum atomic E-state index is 11.6. The summed E-state index contributed by atoms with van der Waals surface area (Å²) < 4.78 is 32.2. The van der Waals surface area contributed by atoms with Crippen molar-refractivity contribution in [3.8, 4) is 0 Å². The van der Waals surface area contributed by atoms with Crippen molar-refractivity contribution in [3.05, 3.63) is 65.7 Å². The van der Waals surface area contributed by atoms with Gasteiger partial charge in [0.05, 0.1) is 13.1 Å². The largest absolute Gasteiger partial charge is 0.542 e. The van der Waals surface area contributed by atoms with Crippen molar-refractivity contribution >= 4 is 23.5 Å². The topological polar surface area (TPSA) is 134 Å². The number of piperazine rings is 1. The van der Waals surface area contributed by atoms with Gasteiger partial charge in [-0.15, -0.1) is 0 Å². The molecule has 0 aromatic heterocycles. The number of nitrogens with one attached hydrogen (secondary N) is 1. The Morgan fingerprint density at radius 3 is 2.00 bits per heavy atom. The SMILES string of the molecule is N=C(N)c1ccc(N2CCN([C@H]3CC[N@+](CC(=O)O)(Cc4ccccc4)CC3)CC2)cc1.O=C([O-])C(F)(F)F. The molecule has 212 valence electrons. The molecule has 2 aromatic carbocycles. The molecule has 0 saturated carbocycles. The number of carbonyl (C=O) groups excluding carboxylic acids is 1. The Bertz CT molecular complexity index is 1110. The van der Waals surface area contributed by atoms with Gasteiger partial charge in [-0.3, -0.25) is 10.3 Å². The fourth-order valence-electron chi connectivity index (χ4n) is 5.29. The van der Waals surface area contributed by atoms with Gasteiger partial charge in [0.25, 0.3) is 0 Å². The number of nitrogens with two attached hydrogens (primary N) is 1. The molecule has 4 N–H and O–H groups in total. The van der Waals surface area contributed by atoms with E-state index in [9.17, 15) is 23.1 Å². The van der Waals surface area contributed by atoms with E-state index in [-0.39, 0.29) is 12.4 Å². The van der Waals surface area contributed by atoms with Crippen molar-refractivity contribution in [2.45, 2.75) is 31.6 Å². The summed E-state index contributed by atoms with van der Waals surface area (Å²) in [5.41, 5.74) is 8.72. The molecule has 2 heterocycles. The molecular weight excluding hydrogens is 515 g/mol. The second kappa shape index (κ2) is 12.9. The molecule has 2 aromatic rings. The highest BCUT2D eigenvalue weighted by Gasteiger charge is 2.38. The maximum Gasteiger partial charge on any atom is 0.430 e. The highest BCUT2D eigenvalue weighted by molar-refractivity contribution is 5.95. The van der Waals surface area contributed by atoms with Crippen LogP contribution in [0.2, 0.25) is 0 Å². The monoisotopic (exact) mass is 549 g/mol. The van der Waals surface area contributed by atoms with Crippen molar-refractivity contribution in [2.75, 3.05) is 50.7 Å².